The number of fused-ring (bicyclic) bond motifs is 2. The van der Waals surface area contributed by atoms with Crippen LogP contribution in [0.1, 0.15) is 27.4 Å². The first-order chi connectivity index (χ1) is 14.8. The van der Waals surface area contributed by atoms with Crippen LogP contribution in [0.15, 0.2) is 28.7 Å². The van der Waals surface area contributed by atoms with Crippen LogP contribution in [0.25, 0.3) is 6.08 Å². The molecule has 6 N–H and O–H groups in total. The molecule has 0 radical (unpaired) electrons. The van der Waals surface area contributed by atoms with Gasteiger partial charge in [-0.1, -0.05) is 6.07 Å². The van der Waals surface area contributed by atoms with Crippen molar-refractivity contribution in [1.29, 1.82) is 0 Å². The smallest absolute Gasteiger partial charge is 0.257 e. The van der Waals surface area contributed by atoms with E-state index in [9.17, 15) is 19.1 Å². The summed E-state index contributed by atoms with van der Waals surface area (Å²) >= 11 is 0. The number of amides is 2. The molecule has 0 aliphatic carbocycles. The maximum absolute atomic E-state index is 14.7. The van der Waals surface area contributed by atoms with Crippen molar-refractivity contribution in [1.82, 2.24) is 15.5 Å². The van der Waals surface area contributed by atoms with Gasteiger partial charge in [-0.05, 0) is 23.8 Å². The molecule has 1 saturated heterocycles. The van der Waals surface area contributed by atoms with Gasteiger partial charge in [-0.15, -0.1) is 0 Å². The minimum Gasteiger partial charge on any atom is -0.494 e. The van der Waals surface area contributed by atoms with Gasteiger partial charge in [0.1, 0.15) is 11.5 Å². The van der Waals surface area contributed by atoms with E-state index in [4.69, 9.17) is 14.9 Å². The molecule has 4 heterocycles. The lowest BCUT2D eigenvalue weighted by Gasteiger charge is -2.29. The summed E-state index contributed by atoms with van der Waals surface area (Å²) in [6, 6.07) is 4.66. The van der Waals surface area contributed by atoms with Crippen LogP contribution in [0.4, 0.5) is 10.1 Å². The molecule has 0 bridgehead atoms. The average molecular weight is 429 g/mol. The van der Waals surface area contributed by atoms with E-state index in [1.165, 1.54) is 18.1 Å². The summed E-state index contributed by atoms with van der Waals surface area (Å²) in [4.78, 5) is 27.3. The monoisotopic (exact) mass is 429 g/mol. The Balaban J connectivity index is 1.52. The number of furan rings is 1. The first-order valence-corrected chi connectivity index (χ1v) is 9.58. The Hall–Kier alpha value is -3.41. The van der Waals surface area contributed by atoms with E-state index in [0.29, 0.717) is 17.0 Å². The highest BCUT2D eigenvalue weighted by Crippen LogP contribution is 2.37. The summed E-state index contributed by atoms with van der Waals surface area (Å²) in [6.45, 7) is -0.112. The van der Waals surface area contributed by atoms with Crippen LogP contribution in [0.5, 0.6) is 5.75 Å². The van der Waals surface area contributed by atoms with Gasteiger partial charge in [0.25, 0.3) is 11.8 Å². The predicted octanol–water partition coefficient (Wildman–Crippen LogP) is -0.00260. The Labute approximate surface area is 175 Å². The van der Waals surface area contributed by atoms with Crippen LogP contribution in [-0.4, -0.2) is 48.0 Å². The second-order valence-corrected chi connectivity index (χ2v) is 7.62. The second-order valence-electron chi connectivity index (χ2n) is 7.62. The Morgan fingerprint density at radius 3 is 2.90 bits per heavy atom. The Bertz CT molecular complexity index is 1130. The van der Waals surface area contributed by atoms with E-state index in [1.54, 1.807) is 24.3 Å². The number of anilines is 1. The zero-order chi connectivity index (χ0) is 21.9. The normalized spacial score (nSPS) is 26.5. The Kier molecular flexibility index (Phi) is 4.29. The molecule has 11 heteroatoms. The van der Waals surface area contributed by atoms with Gasteiger partial charge >= 0.3 is 0 Å². The molecule has 3 aliphatic heterocycles. The maximum Gasteiger partial charge on any atom is 0.257 e. The van der Waals surface area contributed by atoms with Gasteiger partial charge in [0, 0.05) is 12.6 Å². The summed E-state index contributed by atoms with van der Waals surface area (Å²) in [5, 5.41) is 18.2. The van der Waals surface area contributed by atoms with E-state index >= 15 is 0 Å². The van der Waals surface area contributed by atoms with Crippen molar-refractivity contribution in [2.24, 2.45) is 5.73 Å². The number of nitrogens with one attached hydrogen (secondary N) is 3. The molecule has 1 aromatic carbocycles. The first kappa shape index (κ1) is 19.5. The molecule has 162 valence electrons. The van der Waals surface area contributed by atoms with Crippen molar-refractivity contribution in [3.05, 3.63) is 52.7 Å². The zero-order valence-corrected chi connectivity index (χ0v) is 16.4. The largest absolute Gasteiger partial charge is 0.494 e. The van der Waals surface area contributed by atoms with E-state index in [-0.39, 0.29) is 30.2 Å². The molecule has 5 rings (SSSR count). The number of nitrogens with two attached hydrogens (primary N) is 1. The number of hydrogen-bond donors (Lipinski definition) is 5. The fourth-order valence-corrected chi connectivity index (χ4v) is 4.20. The standard InChI is InChI=1S/C20H20FN5O5/c1-30-12-3-2-9-7-26(17(27)15(9)16(12)21)8-20(18(28)24-19(29)25-20)13-6-10-11(31-13)4-5-14(22)23-10/h2-6,14,19,23,25,29H,7-8,22H2,1H3,(H,24,28). The van der Waals surface area contributed by atoms with Gasteiger partial charge in [0.15, 0.2) is 23.5 Å². The lowest BCUT2D eigenvalue weighted by Crippen LogP contribution is -2.53. The molecule has 3 atom stereocenters. The molecular weight excluding hydrogens is 409 g/mol. The molecule has 0 saturated carbocycles. The summed E-state index contributed by atoms with van der Waals surface area (Å²) in [7, 11) is 1.32. The maximum atomic E-state index is 14.7. The van der Waals surface area contributed by atoms with Gasteiger partial charge < -0.3 is 35.5 Å². The Morgan fingerprint density at radius 2 is 2.19 bits per heavy atom. The van der Waals surface area contributed by atoms with Crippen molar-refractivity contribution in [2.45, 2.75) is 24.6 Å². The van der Waals surface area contributed by atoms with Crippen LogP contribution in [0.2, 0.25) is 0 Å². The van der Waals surface area contributed by atoms with Crippen LogP contribution in [0.3, 0.4) is 0 Å². The molecule has 31 heavy (non-hydrogen) atoms. The number of carbonyl (C=O) groups is 2. The quantitative estimate of drug-likeness (QED) is 0.457. The number of nitrogens with zero attached hydrogens (tertiary/aromatic N) is 1. The number of carbonyl (C=O) groups excluding carboxylic acids is 2. The SMILES string of the molecule is COc1ccc2c(c1F)C(=O)N(CC1(c3cc4c(o3)C=CC(N)N4)NC(O)NC1=O)C2. The van der Waals surface area contributed by atoms with Crippen LogP contribution >= 0.6 is 0 Å². The average Bonchev–Trinajstić information content (AvgIpc) is 3.37. The number of benzene rings is 1. The topological polar surface area (TPSA) is 142 Å². The number of halogens is 1. The highest BCUT2D eigenvalue weighted by atomic mass is 19.1. The number of ether oxygens (including phenoxy) is 1. The van der Waals surface area contributed by atoms with Gasteiger partial charge in [-0.25, -0.2) is 4.39 Å². The summed E-state index contributed by atoms with van der Waals surface area (Å²) < 4.78 is 25.5. The fraction of sp³-hybridized carbons (Fsp3) is 0.300. The summed E-state index contributed by atoms with van der Waals surface area (Å²) in [6.07, 6.45) is 1.60. The van der Waals surface area contributed by atoms with Crippen LogP contribution in [0, 0.1) is 5.82 Å². The molecule has 2 aromatic rings. The van der Waals surface area contributed by atoms with Gasteiger partial charge in [-0.3, -0.25) is 14.9 Å². The van der Waals surface area contributed by atoms with Crippen molar-refractivity contribution in [3.8, 4) is 5.75 Å². The van der Waals surface area contributed by atoms with E-state index < -0.39 is 35.7 Å². The van der Waals surface area contributed by atoms with Gasteiger partial charge in [0.2, 0.25) is 0 Å². The molecule has 0 spiro atoms. The van der Waals surface area contributed by atoms with Gasteiger partial charge in [0.05, 0.1) is 31.1 Å². The number of aliphatic hydroxyl groups is 1. The van der Waals surface area contributed by atoms with Gasteiger partial charge in [-0.2, -0.15) is 0 Å². The highest BCUT2D eigenvalue weighted by Gasteiger charge is 2.53. The first-order valence-electron chi connectivity index (χ1n) is 9.58. The number of methoxy groups -OCH3 is 1. The van der Waals surface area contributed by atoms with Crippen LogP contribution in [-0.2, 0) is 16.9 Å². The summed E-state index contributed by atoms with van der Waals surface area (Å²) in [5.74, 6) is -1.32. The van der Waals surface area contributed by atoms with Crippen molar-refractivity contribution in [2.75, 3.05) is 19.0 Å². The predicted molar refractivity (Wildman–Crippen MR) is 106 cm³/mol. The lowest BCUT2D eigenvalue weighted by atomic mass is 9.95. The highest BCUT2D eigenvalue weighted by molar-refractivity contribution is 6.00. The molecule has 2 amide bonds. The fourth-order valence-electron chi connectivity index (χ4n) is 4.20. The molecule has 1 aromatic heterocycles. The molecular formula is C20H20FN5O5. The van der Waals surface area contributed by atoms with E-state index in [1.807, 2.05) is 0 Å². The van der Waals surface area contributed by atoms with Crippen molar-refractivity contribution in [3.63, 3.8) is 0 Å². The third-order valence-electron chi connectivity index (χ3n) is 5.70. The van der Waals surface area contributed by atoms with E-state index in [0.717, 1.165) is 0 Å². The third kappa shape index (κ3) is 2.89. The Morgan fingerprint density at radius 1 is 1.39 bits per heavy atom. The number of rotatable bonds is 4. The number of hydrogen-bond acceptors (Lipinski definition) is 8. The minimum atomic E-state index is -1.59. The summed E-state index contributed by atoms with van der Waals surface area (Å²) in [5.41, 5.74) is 5.23. The third-order valence-corrected chi connectivity index (χ3v) is 5.70. The molecule has 10 nitrogen and oxygen atoms in total. The number of aliphatic hydroxyl groups excluding tert-OH is 1. The minimum absolute atomic E-state index is 0.0382. The van der Waals surface area contributed by atoms with Crippen LogP contribution < -0.4 is 26.4 Å². The lowest BCUT2D eigenvalue weighted by molar-refractivity contribution is -0.125. The second kappa shape index (κ2) is 6.80. The van der Waals surface area contributed by atoms with E-state index in [2.05, 4.69) is 16.0 Å². The molecule has 1 fully saturated rings. The van der Waals surface area contributed by atoms with Crippen molar-refractivity contribution < 1.29 is 28.2 Å². The molecule has 3 unspecified atom stereocenters. The zero-order valence-electron chi connectivity index (χ0n) is 16.4. The molecule has 3 aliphatic rings. The van der Waals surface area contributed by atoms with Crippen molar-refractivity contribution >= 4 is 23.6 Å².